The van der Waals surface area contributed by atoms with Crippen LogP contribution in [0.3, 0.4) is 0 Å². The summed E-state index contributed by atoms with van der Waals surface area (Å²) in [5, 5.41) is 11.7. The first-order chi connectivity index (χ1) is 18.3. The monoisotopic (exact) mass is 532 g/mol. The van der Waals surface area contributed by atoms with Gasteiger partial charge in [0.1, 0.15) is 0 Å². The molecule has 4 aromatic rings. The number of hydrogen-bond acceptors (Lipinski definition) is 5. The summed E-state index contributed by atoms with van der Waals surface area (Å²) < 4.78 is 26.9. The molecule has 0 radical (unpaired) electrons. The average molecular weight is 533 g/mol. The van der Waals surface area contributed by atoms with E-state index >= 15 is 0 Å². The Morgan fingerprint density at radius 2 is 1.63 bits per heavy atom. The second-order valence-corrected chi connectivity index (χ2v) is 11.4. The van der Waals surface area contributed by atoms with Gasteiger partial charge in [0.25, 0.3) is 0 Å². The first kappa shape index (κ1) is 27.4. The van der Waals surface area contributed by atoms with Gasteiger partial charge in [-0.15, -0.1) is 0 Å². The van der Waals surface area contributed by atoms with E-state index in [0.717, 1.165) is 43.7 Å². The number of aromatic amines is 1. The normalized spacial score (nSPS) is 12.4. The second kappa shape index (κ2) is 12.3. The molecule has 0 fully saturated rings. The van der Waals surface area contributed by atoms with Crippen molar-refractivity contribution in [3.8, 4) is 5.88 Å². The van der Waals surface area contributed by atoms with Crippen LogP contribution in [0.4, 0.5) is 11.4 Å². The van der Waals surface area contributed by atoms with Crippen molar-refractivity contribution in [2.75, 3.05) is 23.6 Å². The van der Waals surface area contributed by atoms with Crippen LogP contribution in [0.2, 0.25) is 0 Å². The lowest BCUT2D eigenvalue weighted by Gasteiger charge is -2.21. The Balaban J connectivity index is 1.76. The smallest absolute Gasteiger partial charge is 0.232 e. The zero-order valence-corrected chi connectivity index (χ0v) is 23.1. The number of aromatic hydroxyl groups is 1. The molecule has 7 nitrogen and oxygen atoms in total. The number of rotatable bonds is 12. The lowest BCUT2D eigenvalue weighted by atomic mass is 10.0. The quantitative estimate of drug-likeness (QED) is 0.183. The summed E-state index contributed by atoms with van der Waals surface area (Å²) >= 11 is 0. The van der Waals surface area contributed by atoms with Crippen LogP contribution in [0.1, 0.15) is 50.3 Å². The predicted octanol–water partition coefficient (Wildman–Crippen LogP) is 6.43. The zero-order valence-electron chi connectivity index (χ0n) is 22.2. The number of nitrogens with one attached hydrogen (secondary N) is 2. The Hall–Kier alpha value is -3.62. The molecule has 0 spiro atoms. The average Bonchev–Trinajstić information content (AvgIpc) is 3.23. The van der Waals surface area contributed by atoms with Gasteiger partial charge in [0, 0.05) is 28.7 Å². The third-order valence-corrected chi connectivity index (χ3v) is 7.69. The molecule has 3 aromatic carbocycles. The van der Waals surface area contributed by atoms with Crippen molar-refractivity contribution < 1.29 is 13.5 Å². The number of aromatic nitrogens is 1. The fourth-order valence-electron chi connectivity index (χ4n) is 4.56. The van der Waals surface area contributed by atoms with Crippen molar-refractivity contribution in [3.63, 3.8) is 0 Å². The van der Waals surface area contributed by atoms with Gasteiger partial charge in [0.2, 0.25) is 10.0 Å². The highest BCUT2D eigenvalue weighted by Gasteiger charge is 2.20. The summed E-state index contributed by atoms with van der Waals surface area (Å²) in [5.74, 6) is -0.0537. The number of nitrogens with zero attached hydrogens (tertiary/aromatic N) is 2. The van der Waals surface area contributed by atoms with Gasteiger partial charge >= 0.3 is 0 Å². The van der Waals surface area contributed by atoms with Gasteiger partial charge in [-0.2, -0.15) is 0 Å². The minimum Gasteiger partial charge on any atom is -0.494 e. The number of anilines is 1. The SMILES string of the molecule is CCCN(CCC)Cc1ccc(N=C(c2ccccc2)c2c(O)[nH]c3ccc(NS(=O)(=O)CC)cc23)cc1. The Kier molecular flexibility index (Phi) is 8.86. The molecule has 0 saturated heterocycles. The molecule has 4 rings (SSSR count). The van der Waals surface area contributed by atoms with Crippen molar-refractivity contribution in [1.82, 2.24) is 9.88 Å². The summed E-state index contributed by atoms with van der Waals surface area (Å²) in [4.78, 5) is 10.5. The lowest BCUT2D eigenvalue weighted by Crippen LogP contribution is -2.24. The molecule has 38 heavy (non-hydrogen) atoms. The van der Waals surface area contributed by atoms with E-state index in [1.54, 1.807) is 25.1 Å². The van der Waals surface area contributed by atoms with Gasteiger partial charge in [-0.05, 0) is 68.8 Å². The summed E-state index contributed by atoms with van der Waals surface area (Å²) in [5.41, 5.74) is 5.06. The molecule has 0 saturated carbocycles. The standard InChI is InChI=1S/C30H36N4O3S/c1-4-18-34(19-5-2)21-22-12-14-24(15-13-22)31-29(23-10-8-7-9-11-23)28-26-20-25(33-38(36,37)6-3)16-17-27(26)32-30(28)35/h7-17,20,32-33,35H,4-6,18-19,21H2,1-3H3. The van der Waals surface area contributed by atoms with Crippen molar-refractivity contribution in [2.45, 2.75) is 40.2 Å². The van der Waals surface area contributed by atoms with Crippen molar-refractivity contribution in [3.05, 3.63) is 89.5 Å². The fraction of sp³-hybridized carbons (Fsp3) is 0.300. The van der Waals surface area contributed by atoms with Gasteiger partial charge in [0.15, 0.2) is 5.88 Å². The molecular weight excluding hydrogens is 496 g/mol. The van der Waals surface area contributed by atoms with E-state index in [2.05, 4.69) is 40.6 Å². The van der Waals surface area contributed by atoms with Crippen LogP contribution >= 0.6 is 0 Å². The van der Waals surface area contributed by atoms with E-state index in [1.165, 1.54) is 5.56 Å². The number of benzene rings is 3. The molecule has 3 N–H and O–H groups in total. The summed E-state index contributed by atoms with van der Waals surface area (Å²) in [7, 11) is -3.45. The highest BCUT2D eigenvalue weighted by atomic mass is 32.2. The van der Waals surface area contributed by atoms with Crippen molar-refractivity contribution in [1.29, 1.82) is 0 Å². The predicted molar refractivity (Wildman–Crippen MR) is 157 cm³/mol. The summed E-state index contributed by atoms with van der Waals surface area (Å²) in [6.45, 7) is 9.03. The van der Waals surface area contributed by atoms with Crippen LogP contribution in [-0.2, 0) is 16.6 Å². The number of fused-ring (bicyclic) bond motifs is 1. The van der Waals surface area contributed by atoms with E-state index in [0.29, 0.717) is 27.9 Å². The Morgan fingerprint density at radius 3 is 2.26 bits per heavy atom. The van der Waals surface area contributed by atoms with Crippen LogP contribution in [0.5, 0.6) is 5.88 Å². The molecule has 200 valence electrons. The second-order valence-electron chi connectivity index (χ2n) is 9.38. The Morgan fingerprint density at radius 1 is 0.947 bits per heavy atom. The number of sulfonamides is 1. The maximum atomic E-state index is 12.2. The molecule has 0 aliphatic heterocycles. The third kappa shape index (κ3) is 6.62. The Bertz CT molecular complexity index is 1490. The van der Waals surface area contributed by atoms with Gasteiger partial charge in [0.05, 0.1) is 22.7 Å². The van der Waals surface area contributed by atoms with E-state index in [4.69, 9.17) is 4.99 Å². The van der Waals surface area contributed by atoms with Crippen LogP contribution in [0.15, 0.2) is 77.8 Å². The number of aliphatic imine (C=N–C) groups is 1. The van der Waals surface area contributed by atoms with Gasteiger partial charge in [-0.3, -0.25) is 9.62 Å². The van der Waals surface area contributed by atoms with E-state index < -0.39 is 10.0 Å². The van der Waals surface area contributed by atoms with Gasteiger partial charge < -0.3 is 10.1 Å². The van der Waals surface area contributed by atoms with Crippen molar-refractivity contribution >= 4 is 38.0 Å². The molecule has 0 amide bonds. The van der Waals surface area contributed by atoms with Crippen LogP contribution in [0, 0.1) is 0 Å². The minimum absolute atomic E-state index is 0.0236. The highest BCUT2D eigenvalue weighted by molar-refractivity contribution is 7.92. The molecule has 8 heteroatoms. The maximum absolute atomic E-state index is 12.2. The van der Waals surface area contributed by atoms with E-state index in [9.17, 15) is 13.5 Å². The first-order valence-electron chi connectivity index (χ1n) is 13.1. The summed E-state index contributed by atoms with van der Waals surface area (Å²) in [6.07, 6.45) is 2.25. The topological polar surface area (TPSA) is 97.8 Å². The zero-order chi connectivity index (χ0) is 27.1. The molecule has 0 bridgehead atoms. The molecule has 1 aromatic heterocycles. The van der Waals surface area contributed by atoms with Gasteiger partial charge in [-0.25, -0.2) is 13.4 Å². The van der Waals surface area contributed by atoms with E-state index in [-0.39, 0.29) is 11.6 Å². The molecule has 0 atom stereocenters. The number of H-pyrrole nitrogens is 1. The lowest BCUT2D eigenvalue weighted by molar-refractivity contribution is 0.266. The molecular formula is C30H36N4O3S. The van der Waals surface area contributed by atoms with Crippen LogP contribution in [0.25, 0.3) is 10.9 Å². The minimum atomic E-state index is -3.45. The third-order valence-electron chi connectivity index (χ3n) is 6.38. The van der Waals surface area contributed by atoms with Gasteiger partial charge in [-0.1, -0.05) is 56.3 Å². The highest BCUT2D eigenvalue weighted by Crippen LogP contribution is 2.33. The molecule has 0 aliphatic rings. The van der Waals surface area contributed by atoms with Crippen LogP contribution in [-0.4, -0.2) is 48.0 Å². The summed E-state index contributed by atoms with van der Waals surface area (Å²) in [6, 6.07) is 23.0. The largest absolute Gasteiger partial charge is 0.494 e. The first-order valence-corrected chi connectivity index (χ1v) is 14.8. The molecule has 0 unspecified atom stereocenters. The van der Waals surface area contributed by atoms with Crippen molar-refractivity contribution in [2.24, 2.45) is 4.99 Å². The molecule has 0 aliphatic carbocycles. The van der Waals surface area contributed by atoms with E-state index in [1.807, 2.05) is 42.5 Å². The molecule has 1 heterocycles. The van der Waals surface area contributed by atoms with Crippen LogP contribution < -0.4 is 4.72 Å². The maximum Gasteiger partial charge on any atom is 0.232 e. The number of hydrogen-bond donors (Lipinski definition) is 3. The fourth-order valence-corrected chi connectivity index (χ4v) is 5.19. The Labute approximate surface area is 225 Å².